The molecule has 1 fully saturated rings. The van der Waals surface area contributed by atoms with Gasteiger partial charge >= 0.3 is 0 Å². The lowest BCUT2D eigenvalue weighted by Crippen LogP contribution is -2.48. The Kier molecular flexibility index (Phi) is 4.19. The van der Waals surface area contributed by atoms with Gasteiger partial charge in [-0.2, -0.15) is 0 Å². The van der Waals surface area contributed by atoms with Crippen molar-refractivity contribution in [2.75, 3.05) is 6.61 Å². The van der Waals surface area contributed by atoms with Crippen molar-refractivity contribution in [3.8, 4) is 0 Å². The summed E-state index contributed by atoms with van der Waals surface area (Å²) in [5.74, 6) is -0.355. The lowest BCUT2D eigenvalue weighted by molar-refractivity contribution is -0.152. The van der Waals surface area contributed by atoms with Gasteiger partial charge in [-0.05, 0) is 37.5 Å². The third-order valence-corrected chi connectivity index (χ3v) is 4.36. The van der Waals surface area contributed by atoms with Crippen LogP contribution in [0.25, 0.3) is 0 Å². The molecule has 2 rings (SSSR count). The Morgan fingerprint density at radius 1 is 1.47 bits per heavy atom. The summed E-state index contributed by atoms with van der Waals surface area (Å²) in [5, 5.41) is 11.1. The van der Waals surface area contributed by atoms with E-state index in [0.29, 0.717) is 30.9 Å². The van der Waals surface area contributed by atoms with Crippen LogP contribution >= 0.6 is 11.6 Å². The molecule has 0 radical (unpaired) electrons. The lowest BCUT2D eigenvalue weighted by atomic mass is 9.78. The molecule has 0 spiro atoms. The summed E-state index contributed by atoms with van der Waals surface area (Å²) in [6, 6.07) is 4.32. The average Bonchev–Trinajstić information content (AvgIpc) is 2.33. The van der Waals surface area contributed by atoms with Crippen LogP contribution in [0.5, 0.6) is 0 Å². The number of ether oxygens (including phenoxy) is 1. The number of aliphatic hydroxyl groups is 1. The first-order chi connectivity index (χ1) is 8.86. The van der Waals surface area contributed by atoms with Gasteiger partial charge in [-0.3, -0.25) is 0 Å². The Hall–Kier alpha value is -0.640. The zero-order valence-corrected chi connectivity index (χ0v) is 12.1. The Labute approximate surface area is 118 Å². The molecule has 0 aliphatic carbocycles. The summed E-state index contributed by atoms with van der Waals surface area (Å²) in [5.41, 5.74) is -0.338. The SMILES string of the molecule is CCC1(C)CC(O)(Cc2ccc(F)cc2Cl)CCO1. The van der Waals surface area contributed by atoms with Gasteiger partial charge in [-0.15, -0.1) is 0 Å². The van der Waals surface area contributed by atoms with E-state index in [1.54, 1.807) is 6.07 Å². The monoisotopic (exact) mass is 286 g/mol. The highest BCUT2D eigenvalue weighted by molar-refractivity contribution is 6.31. The standard InChI is InChI=1S/C15H20ClFO2/c1-3-14(2)10-15(18,6-7-19-14)9-11-4-5-12(17)8-13(11)16/h4-5,8,18H,3,6-7,9-10H2,1-2H3. The zero-order chi connectivity index (χ0) is 14.1. The fourth-order valence-electron chi connectivity index (χ4n) is 2.72. The Bertz CT molecular complexity index is 465. The molecule has 0 aromatic heterocycles. The molecule has 1 aliphatic rings. The minimum absolute atomic E-state index is 0.292. The van der Waals surface area contributed by atoms with E-state index < -0.39 is 5.60 Å². The van der Waals surface area contributed by atoms with Crippen LogP contribution in [-0.4, -0.2) is 22.9 Å². The summed E-state index contributed by atoms with van der Waals surface area (Å²) in [7, 11) is 0. The van der Waals surface area contributed by atoms with Gasteiger partial charge in [0.2, 0.25) is 0 Å². The normalized spacial score (nSPS) is 31.4. The second-order valence-corrected chi connectivity index (χ2v) is 6.12. The number of hydrogen-bond donors (Lipinski definition) is 1. The minimum atomic E-state index is -0.829. The number of rotatable bonds is 3. The van der Waals surface area contributed by atoms with Crippen LogP contribution in [0.3, 0.4) is 0 Å². The highest BCUT2D eigenvalue weighted by Crippen LogP contribution is 2.37. The van der Waals surface area contributed by atoms with Gasteiger partial charge < -0.3 is 9.84 Å². The molecule has 1 aliphatic heterocycles. The number of benzene rings is 1. The van der Waals surface area contributed by atoms with E-state index >= 15 is 0 Å². The van der Waals surface area contributed by atoms with Crippen LogP contribution in [0.15, 0.2) is 18.2 Å². The van der Waals surface area contributed by atoms with Crippen molar-refractivity contribution < 1.29 is 14.2 Å². The van der Waals surface area contributed by atoms with Crippen molar-refractivity contribution in [1.29, 1.82) is 0 Å². The fourth-order valence-corrected chi connectivity index (χ4v) is 2.95. The summed E-state index contributed by atoms with van der Waals surface area (Å²) in [6.45, 7) is 4.61. The first-order valence-electron chi connectivity index (χ1n) is 6.66. The van der Waals surface area contributed by atoms with Crippen molar-refractivity contribution in [2.24, 2.45) is 0 Å². The second kappa shape index (κ2) is 5.39. The third-order valence-electron chi connectivity index (χ3n) is 4.00. The maximum atomic E-state index is 13.0. The van der Waals surface area contributed by atoms with Crippen molar-refractivity contribution in [2.45, 2.75) is 50.7 Å². The van der Waals surface area contributed by atoms with Crippen LogP contribution in [-0.2, 0) is 11.2 Å². The summed E-state index contributed by atoms with van der Waals surface area (Å²) in [4.78, 5) is 0. The van der Waals surface area contributed by atoms with Crippen molar-refractivity contribution in [3.05, 3.63) is 34.6 Å². The molecular formula is C15H20ClFO2. The molecule has 0 saturated carbocycles. The minimum Gasteiger partial charge on any atom is -0.389 e. The van der Waals surface area contributed by atoms with Gasteiger partial charge in [0.25, 0.3) is 0 Å². The third kappa shape index (κ3) is 3.47. The highest BCUT2D eigenvalue weighted by atomic mass is 35.5. The number of halogens is 2. The Morgan fingerprint density at radius 2 is 2.21 bits per heavy atom. The van der Waals surface area contributed by atoms with Crippen LogP contribution in [0.1, 0.15) is 38.7 Å². The van der Waals surface area contributed by atoms with Crippen LogP contribution in [0.2, 0.25) is 5.02 Å². The molecule has 2 nitrogen and oxygen atoms in total. The Balaban J connectivity index is 2.16. The van der Waals surface area contributed by atoms with E-state index in [4.69, 9.17) is 16.3 Å². The molecule has 4 heteroatoms. The molecule has 2 unspecified atom stereocenters. The van der Waals surface area contributed by atoms with Gasteiger partial charge in [0.15, 0.2) is 0 Å². The van der Waals surface area contributed by atoms with E-state index in [0.717, 1.165) is 12.0 Å². The maximum Gasteiger partial charge on any atom is 0.124 e. The van der Waals surface area contributed by atoms with Crippen LogP contribution in [0.4, 0.5) is 4.39 Å². The predicted octanol–water partition coefficient (Wildman–Crippen LogP) is 3.73. The molecule has 1 N–H and O–H groups in total. The molecule has 1 aromatic rings. The molecule has 0 bridgehead atoms. The second-order valence-electron chi connectivity index (χ2n) is 5.72. The van der Waals surface area contributed by atoms with Crippen molar-refractivity contribution >= 4 is 11.6 Å². The predicted molar refractivity (Wildman–Crippen MR) is 73.9 cm³/mol. The van der Waals surface area contributed by atoms with E-state index in [1.165, 1.54) is 12.1 Å². The molecule has 0 amide bonds. The molecule has 106 valence electrons. The van der Waals surface area contributed by atoms with Gasteiger partial charge in [0, 0.05) is 17.9 Å². The zero-order valence-electron chi connectivity index (χ0n) is 11.4. The largest absolute Gasteiger partial charge is 0.389 e. The molecular weight excluding hydrogens is 267 g/mol. The lowest BCUT2D eigenvalue weighted by Gasteiger charge is -2.43. The van der Waals surface area contributed by atoms with E-state index in [2.05, 4.69) is 6.92 Å². The number of hydrogen-bond acceptors (Lipinski definition) is 2. The van der Waals surface area contributed by atoms with Crippen molar-refractivity contribution in [3.63, 3.8) is 0 Å². The summed E-state index contributed by atoms with van der Waals surface area (Å²) >= 11 is 6.03. The highest BCUT2D eigenvalue weighted by Gasteiger charge is 2.41. The molecule has 2 atom stereocenters. The smallest absolute Gasteiger partial charge is 0.124 e. The Morgan fingerprint density at radius 3 is 2.84 bits per heavy atom. The topological polar surface area (TPSA) is 29.5 Å². The maximum absolute atomic E-state index is 13.0. The van der Waals surface area contributed by atoms with Gasteiger partial charge in [0.1, 0.15) is 5.82 Å². The van der Waals surface area contributed by atoms with Crippen LogP contribution < -0.4 is 0 Å². The molecule has 19 heavy (non-hydrogen) atoms. The van der Waals surface area contributed by atoms with E-state index in [1.807, 2.05) is 6.92 Å². The summed E-state index contributed by atoms with van der Waals surface area (Å²) < 4.78 is 18.8. The van der Waals surface area contributed by atoms with Crippen LogP contribution in [0, 0.1) is 5.82 Å². The summed E-state index contributed by atoms with van der Waals surface area (Å²) in [6.07, 6.45) is 2.44. The van der Waals surface area contributed by atoms with E-state index in [-0.39, 0.29) is 11.4 Å². The van der Waals surface area contributed by atoms with Crippen molar-refractivity contribution in [1.82, 2.24) is 0 Å². The first kappa shape index (κ1) is 14.8. The molecule has 1 heterocycles. The van der Waals surface area contributed by atoms with Gasteiger partial charge in [-0.25, -0.2) is 4.39 Å². The fraction of sp³-hybridized carbons (Fsp3) is 0.600. The average molecular weight is 287 g/mol. The van der Waals surface area contributed by atoms with E-state index in [9.17, 15) is 9.50 Å². The molecule has 1 saturated heterocycles. The first-order valence-corrected chi connectivity index (χ1v) is 7.04. The quantitative estimate of drug-likeness (QED) is 0.917. The van der Waals surface area contributed by atoms with Gasteiger partial charge in [-0.1, -0.05) is 24.6 Å². The van der Waals surface area contributed by atoms with Gasteiger partial charge in [0.05, 0.1) is 17.8 Å². The molecule has 1 aromatic carbocycles.